The van der Waals surface area contributed by atoms with Crippen molar-refractivity contribution in [3.63, 3.8) is 0 Å². The van der Waals surface area contributed by atoms with Crippen molar-refractivity contribution in [2.24, 2.45) is 0 Å². The van der Waals surface area contributed by atoms with E-state index in [0.717, 1.165) is 48.1 Å². The monoisotopic (exact) mass is 357 g/mol. The number of aromatic carboxylic acids is 1. The number of carboxylic acid groups (broad SMARTS) is 1. The predicted octanol–water partition coefficient (Wildman–Crippen LogP) is 3.68. The van der Waals surface area contributed by atoms with E-state index < -0.39 is 5.97 Å². The van der Waals surface area contributed by atoms with Crippen molar-refractivity contribution >= 4 is 17.6 Å². The molecular formula is C20H20ClNO3. The summed E-state index contributed by atoms with van der Waals surface area (Å²) in [6, 6.07) is 9.47. The van der Waals surface area contributed by atoms with E-state index in [2.05, 4.69) is 11.9 Å². The standard InChI is InChI=1S/C20H20ClNO3/c1-22-8-7-11-9-16(21)18(23)10-15(11)19-13-3-2-4-14(20(24)25)12(13)5-6-17(19)22/h2-4,9-10,17,19,23H,5-8H2,1H3,(H,24,25)/t17-,19?/m0/s1. The van der Waals surface area contributed by atoms with Gasteiger partial charge in [0.05, 0.1) is 10.6 Å². The number of aromatic hydroxyl groups is 1. The summed E-state index contributed by atoms with van der Waals surface area (Å²) in [4.78, 5) is 14.0. The molecule has 0 bridgehead atoms. The fraction of sp³-hybridized carbons (Fsp3) is 0.350. The third-order valence-electron chi connectivity index (χ3n) is 5.70. The fourth-order valence-electron chi connectivity index (χ4n) is 4.48. The minimum Gasteiger partial charge on any atom is -0.506 e. The summed E-state index contributed by atoms with van der Waals surface area (Å²) < 4.78 is 0. The molecule has 1 unspecified atom stereocenters. The molecule has 2 aliphatic rings. The lowest BCUT2D eigenvalue weighted by atomic mass is 9.73. The molecule has 4 nitrogen and oxygen atoms in total. The Morgan fingerprint density at radius 2 is 2.04 bits per heavy atom. The highest BCUT2D eigenvalue weighted by Gasteiger charge is 2.38. The highest BCUT2D eigenvalue weighted by Crippen LogP contribution is 2.45. The number of halogens is 1. The van der Waals surface area contributed by atoms with E-state index in [4.69, 9.17) is 11.6 Å². The number of phenolic OH excluding ortho intramolecular Hbond substituents is 1. The van der Waals surface area contributed by atoms with Gasteiger partial charge in [-0.3, -0.25) is 0 Å². The topological polar surface area (TPSA) is 60.8 Å². The fourth-order valence-corrected chi connectivity index (χ4v) is 4.67. The molecule has 0 amide bonds. The van der Waals surface area contributed by atoms with Crippen LogP contribution in [0.5, 0.6) is 5.75 Å². The van der Waals surface area contributed by atoms with Gasteiger partial charge in [-0.05, 0) is 66.8 Å². The van der Waals surface area contributed by atoms with E-state index >= 15 is 0 Å². The largest absolute Gasteiger partial charge is 0.506 e. The molecule has 1 heterocycles. The Morgan fingerprint density at radius 1 is 1.24 bits per heavy atom. The summed E-state index contributed by atoms with van der Waals surface area (Å²) >= 11 is 6.14. The molecule has 0 radical (unpaired) electrons. The van der Waals surface area contributed by atoms with Gasteiger partial charge in [-0.15, -0.1) is 0 Å². The Bertz CT molecular complexity index is 864. The highest BCUT2D eigenvalue weighted by atomic mass is 35.5. The van der Waals surface area contributed by atoms with E-state index in [1.54, 1.807) is 12.1 Å². The number of phenols is 1. The van der Waals surface area contributed by atoms with Gasteiger partial charge >= 0.3 is 5.97 Å². The molecule has 2 atom stereocenters. The molecule has 130 valence electrons. The number of fused-ring (bicyclic) bond motifs is 5. The third-order valence-corrected chi connectivity index (χ3v) is 6.00. The quantitative estimate of drug-likeness (QED) is 0.817. The molecule has 2 N–H and O–H groups in total. The number of carbonyl (C=O) groups is 1. The molecule has 0 spiro atoms. The zero-order valence-corrected chi connectivity index (χ0v) is 14.8. The summed E-state index contributed by atoms with van der Waals surface area (Å²) in [5, 5.41) is 20.1. The Balaban J connectivity index is 1.96. The number of hydrogen-bond acceptors (Lipinski definition) is 3. The number of benzene rings is 2. The van der Waals surface area contributed by atoms with Crippen molar-refractivity contribution in [2.75, 3.05) is 13.6 Å². The second-order valence-corrected chi connectivity index (χ2v) is 7.40. The summed E-state index contributed by atoms with van der Waals surface area (Å²) in [5.74, 6) is -0.740. The Hall–Kier alpha value is -2.04. The first kappa shape index (κ1) is 16.4. The van der Waals surface area contributed by atoms with Gasteiger partial charge in [0.15, 0.2) is 0 Å². The first-order chi connectivity index (χ1) is 12.0. The number of likely N-dealkylation sites (N-methyl/N-ethyl adjacent to an activating group) is 1. The predicted molar refractivity (Wildman–Crippen MR) is 96.8 cm³/mol. The molecule has 0 saturated carbocycles. The Kier molecular flexibility index (Phi) is 3.97. The van der Waals surface area contributed by atoms with Crippen molar-refractivity contribution in [1.29, 1.82) is 0 Å². The highest BCUT2D eigenvalue weighted by molar-refractivity contribution is 6.32. The van der Waals surface area contributed by atoms with Crippen LogP contribution >= 0.6 is 11.6 Å². The van der Waals surface area contributed by atoms with Gasteiger partial charge < -0.3 is 15.1 Å². The van der Waals surface area contributed by atoms with Crippen molar-refractivity contribution in [1.82, 2.24) is 4.90 Å². The van der Waals surface area contributed by atoms with Crippen LogP contribution < -0.4 is 0 Å². The van der Waals surface area contributed by atoms with Gasteiger partial charge in [-0.25, -0.2) is 4.79 Å². The average molecular weight is 358 g/mol. The van der Waals surface area contributed by atoms with Crippen LogP contribution in [0.2, 0.25) is 5.02 Å². The number of carboxylic acids is 1. The van der Waals surface area contributed by atoms with Gasteiger partial charge in [-0.2, -0.15) is 0 Å². The maximum absolute atomic E-state index is 11.6. The van der Waals surface area contributed by atoms with E-state index in [1.807, 2.05) is 18.2 Å². The normalized spacial score (nSPS) is 22.5. The third kappa shape index (κ3) is 2.60. The smallest absolute Gasteiger partial charge is 0.335 e. The second kappa shape index (κ2) is 6.04. The van der Waals surface area contributed by atoms with Crippen LogP contribution in [-0.2, 0) is 12.8 Å². The van der Waals surface area contributed by atoms with Crippen LogP contribution in [-0.4, -0.2) is 40.7 Å². The number of rotatable bonds is 1. The van der Waals surface area contributed by atoms with E-state index in [1.165, 1.54) is 0 Å². The van der Waals surface area contributed by atoms with Gasteiger partial charge in [0.1, 0.15) is 5.75 Å². The van der Waals surface area contributed by atoms with E-state index in [9.17, 15) is 15.0 Å². The molecule has 4 rings (SSSR count). The molecule has 1 aliphatic heterocycles. The molecule has 2 aromatic carbocycles. The van der Waals surface area contributed by atoms with Crippen LogP contribution in [0.1, 0.15) is 45.0 Å². The van der Waals surface area contributed by atoms with Gasteiger partial charge in [-0.1, -0.05) is 23.7 Å². The summed E-state index contributed by atoms with van der Waals surface area (Å²) in [6.45, 7) is 0.920. The number of nitrogens with zero attached hydrogens (tertiary/aromatic N) is 1. The summed E-state index contributed by atoms with van der Waals surface area (Å²) in [7, 11) is 2.12. The molecule has 0 saturated heterocycles. The molecule has 0 fully saturated rings. The maximum Gasteiger partial charge on any atom is 0.335 e. The molecule has 1 aliphatic carbocycles. The summed E-state index contributed by atoms with van der Waals surface area (Å²) in [6.07, 6.45) is 2.53. The minimum absolute atomic E-state index is 0.0497. The maximum atomic E-state index is 11.6. The molecular weight excluding hydrogens is 338 g/mol. The van der Waals surface area contributed by atoms with Gasteiger partial charge in [0, 0.05) is 18.5 Å². The second-order valence-electron chi connectivity index (χ2n) is 7.00. The van der Waals surface area contributed by atoms with Crippen LogP contribution in [0.25, 0.3) is 0 Å². The van der Waals surface area contributed by atoms with Gasteiger partial charge in [0.25, 0.3) is 0 Å². The van der Waals surface area contributed by atoms with E-state index in [-0.39, 0.29) is 11.7 Å². The van der Waals surface area contributed by atoms with Crippen molar-refractivity contribution in [3.8, 4) is 5.75 Å². The Morgan fingerprint density at radius 3 is 2.80 bits per heavy atom. The zero-order chi connectivity index (χ0) is 17.7. The lowest BCUT2D eigenvalue weighted by Crippen LogP contribution is -2.40. The van der Waals surface area contributed by atoms with Crippen LogP contribution in [0.15, 0.2) is 30.3 Å². The molecule has 25 heavy (non-hydrogen) atoms. The van der Waals surface area contributed by atoms with Crippen LogP contribution in [0, 0.1) is 0 Å². The average Bonchev–Trinajstić information content (AvgIpc) is 2.72. The van der Waals surface area contributed by atoms with Crippen molar-refractivity contribution < 1.29 is 15.0 Å². The van der Waals surface area contributed by atoms with Crippen LogP contribution in [0.4, 0.5) is 0 Å². The first-order valence-electron chi connectivity index (χ1n) is 8.54. The Labute approximate surface area is 151 Å². The minimum atomic E-state index is -0.878. The van der Waals surface area contributed by atoms with Crippen molar-refractivity contribution in [2.45, 2.75) is 31.2 Å². The SMILES string of the molecule is CN1CCc2cc(Cl)c(O)cc2C2c3cccc(C(=O)O)c3CC[C@@H]21. The van der Waals surface area contributed by atoms with Gasteiger partial charge in [0.2, 0.25) is 0 Å². The molecule has 2 aromatic rings. The molecule has 0 aromatic heterocycles. The first-order valence-corrected chi connectivity index (χ1v) is 8.91. The molecule has 5 heteroatoms. The summed E-state index contributed by atoms with van der Waals surface area (Å²) in [5.41, 5.74) is 4.58. The zero-order valence-electron chi connectivity index (χ0n) is 14.0. The van der Waals surface area contributed by atoms with Crippen molar-refractivity contribution in [3.05, 3.63) is 63.2 Å². The lowest BCUT2D eigenvalue weighted by Gasteiger charge is -2.38. The lowest BCUT2D eigenvalue weighted by molar-refractivity contribution is 0.0694. The number of hydrogen-bond donors (Lipinski definition) is 2. The van der Waals surface area contributed by atoms with Crippen LogP contribution in [0.3, 0.4) is 0 Å². The van der Waals surface area contributed by atoms with E-state index in [0.29, 0.717) is 16.6 Å².